The minimum atomic E-state index is -0.692. The van der Waals surface area contributed by atoms with Gasteiger partial charge in [-0.05, 0) is 41.1 Å². The molecule has 0 fully saturated rings. The minimum absolute atomic E-state index is 0.222. The molecular formula is C14H11BrF2N2O. The lowest BCUT2D eigenvalue weighted by Crippen LogP contribution is -2.27. The Hall–Kier alpha value is -1.82. The van der Waals surface area contributed by atoms with E-state index in [2.05, 4.69) is 26.2 Å². The molecule has 0 spiro atoms. The lowest BCUT2D eigenvalue weighted by atomic mass is 10.1. The largest absolute Gasteiger partial charge is 0.345 e. The maximum atomic E-state index is 13.6. The summed E-state index contributed by atoms with van der Waals surface area (Å²) < 4.78 is 26.9. The molecule has 1 heterocycles. The summed E-state index contributed by atoms with van der Waals surface area (Å²) in [7, 11) is 0. The molecule has 0 aliphatic heterocycles. The highest BCUT2D eigenvalue weighted by Gasteiger charge is 2.17. The predicted molar refractivity (Wildman–Crippen MR) is 74.2 cm³/mol. The van der Waals surface area contributed by atoms with Gasteiger partial charge in [0.05, 0.1) is 11.6 Å². The maximum Gasteiger partial charge on any atom is 0.254 e. The molecule has 104 valence electrons. The van der Waals surface area contributed by atoms with E-state index in [0.717, 1.165) is 12.1 Å². The number of amides is 1. The Bertz CT molecular complexity index is 649. The van der Waals surface area contributed by atoms with Gasteiger partial charge >= 0.3 is 0 Å². The molecule has 20 heavy (non-hydrogen) atoms. The lowest BCUT2D eigenvalue weighted by Gasteiger charge is -2.15. The van der Waals surface area contributed by atoms with Gasteiger partial charge in [-0.1, -0.05) is 6.07 Å². The second kappa shape index (κ2) is 6.09. The van der Waals surface area contributed by atoms with Crippen molar-refractivity contribution in [3.05, 3.63) is 63.9 Å². The van der Waals surface area contributed by atoms with E-state index < -0.39 is 17.7 Å². The van der Waals surface area contributed by atoms with E-state index in [1.165, 1.54) is 6.07 Å². The number of nitrogens with one attached hydrogen (secondary N) is 1. The number of carbonyl (C=O) groups is 1. The zero-order valence-corrected chi connectivity index (χ0v) is 12.1. The fraction of sp³-hybridized carbons (Fsp3) is 0.143. The molecule has 2 rings (SSSR count). The summed E-state index contributed by atoms with van der Waals surface area (Å²) in [5.41, 5.74) is 0.571. The normalized spacial score (nSPS) is 12.0. The van der Waals surface area contributed by atoms with E-state index in [9.17, 15) is 13.6 Å². The van der Waals surface area contributed by atoms with E-state index in [1.54, 1.807) is 25.3 Å². The molecular weight excluding hydrogens is 330 g/mol. The van der Waals surface area contributed by atoms with E-state index in [0.29, 0.717) is 10.2 Å². The molecule has 1 aromatic heterocycles. The Morgan fingerprint density at radius 3 is 2.75 bits per heavy atom. The standard InChI is InChI=1S/C14H11BrF2N2O/c1-8(10-5-4-9(16)7-12(10)17)19-14(20)11-3-2-6-18-13(11)15/h2-8H,1H3,(H,19,20). The van der Waals surface area contributed by atoms with Crippen LogP contribution >= 0.6 is 15.9 Å². The third-order valence-electron chi connectivity index (χ3n) is 2.78. The molecule has 0 aliphatic carbocycles. The van der Waals surface area contributed by atoms with Crippen molar-refractivity contribution in [3.63, 3.8) is 0 Å². The van der Waals surface area contributed by atoms with Crippen molar-refractivity contribution in [2.45, 2.75) is 13.0 Å². The average molecular weight is 341 g/mol. The first-order valence-corrected chi connectivity index (χ1v) is 6.64. The highest BCUT2D eigenvalue weighted by Crippen LogP contribution is 2.19. The Kier molecular flexibility index (Phi) is 4.44. The van der Waals surface area contributed by atoms with E-state index in [4.69, 9.17) is 0 Å². The van der Waals surface area contributed by atoms with Crippen LogP contribution in [-0.4, -0.2) is 10.9 Å². The highest BCUT2D eigenvalue weighted by molar-refractivity contribution is 9.10. The lowest BCUT2D eigenvalue weighted by molar-refractivity contribution is 0.0938. The van der Waals surface area contributed by atoms with Crippen LogP contribution in [0, 0.1) is 11.6 Å². The summed E-state index contributed by atoms with van der Waals surface area (Å²) in [5.74, 6) is -1.73. The average Bonchev–Trinajstić information content (AvgIpc) is 2.38. The summed E-state index contributed by atoms with van der Waals surface area (Å²) in [4.78, 5) is 16.0. The fourth-order valence-electron chi connectivity index (χ4n) is 1.76. The van der Waals surface area contributed by atoms with Crippen LogP contribution in [0.2, 0.25) is 0 Å². The van der Waals surface area contributed by atoms with Crippen molar-refractivity contribution in [1.29, 1.82) is 0 Å². The van der Waals surface area contributed by atoms with Gasteiger partial charge in [0.25, 0.3) is 5.91 Å². The van der Waals surface area contributed by atoms with Gasteiger partial charge in [0, 0.05) is 17.8 Å². The van der Waals surface area contributed by atoms with Crippen molar-refractivity contribution in [1.82, 2.24) is 10.3 Å². The van der Waals surface area contributed by atoms with Crippen molar-refractivity contribution in [2.24, 2.45) is 0 Å². The van der Waals surface area contributed by atoms with Crippen LogP contribution in [0.3, 0.4) is 0 Å². The molecule has 0 saturated heterocycles. The van der Waals surface area contributed by atoms with Crippen molar-refractivity contribution in [2.75, 3.05) is 0 Å². The SMILES string of the molecule is CC(NC(=O)c1cccnc1Br)c1ccc(F)cc1F. The number of pyridine rings is 1. The van der Waals surface area contributed by atoms with Crippen molar-refractivity contribution >= 4 is 21.8 Å². The van der Waals surface area contributed by atoms with Crippen LogP contribution in [0.1, 0.15) is 28.9 Å². The molecule has 3 nitrogen and oxygen atoms in total. The number of carbonyl (C=O) groups excluding carboxylic acids is 1. The second-order valence-electron chi connectivity index (χ2n) is 4.20. The number of halogens is 3. The Balaban J connectivity index is 2.17. The van der Waals surface area contributed by atoms with Gasteiger partial charge < -0.3 is 5.32 Å². The first-order valence-electron chi connectivity index (χ1n) is 5.85. The number of hydrogen-bond acceptors (Lipinski definition) is 2. The van der Waals surface area contributed by atoms with Crippen LogP contribution in [0.5, 0.6) is 0 Å². The maximum absolute atomic E-state index is 13.6. The quantitative estimate of drug-likeness (QED) is 0.867. The summed E-state index contributed by atoms with van der Waals surface area (Å²) in [6, 6.07) is 5.89. The zero-order chi connectivity index (χ0) is 14.7. The molecule has 1 N–H and O–H groups in total. The van der Waals surface area contributed by atoms with Gasteiger partial charge in [-0.3, -0.25) is 4.79 Å². The van der Waals surface area contributed by atoms with Crippen molar-refractivity contribution in [3.8, 4) is 0 Å². The molecule has 1 aromatic carbocycles. The highest BCUT2D eigenvalue weighted by atomic mass is 79.9. The Morgan fingerprint density at radius 2 is 2.10 bits per heavy atom. The zero-order valence-electron chi connectivity index (χ0n) is 10.5. The number of benzene rings is 1. The third-order valence-corrected chi connectivity index (χ3v) is 3.41. The Labute approximate surface area is 123 Å². The molecule has 0 saturated carbocycles. The molecule has 1 amide bonds. The van der Waals surface area contributed by atoms with Crippen LogP contribution in [-0.2, 0) is 0 Å². The summed E-state index contributed by atoms with van der Waals surface area (Å²) >= 11 is 3.17. The fourth-order valence-corrected chi connectivity index (χ4v) is 2.19. The van der Waals surface area contributed by atoms with Gasteiger partial charge in [-0.25, -0.2) is 13.8 Å². The number of nitrogens with zero attached hydrogens (tertiary/aromatic N) is 1. The van der Waals surface area contributed by atoms with Gasteiger partial charge in [0.2, 0.25) is 0 Å². The van der Waals surface area contributed by atoms with Crippen LogP contribution < -0.4 is 5.32 Å². The summed E-state index contributed by atoms with van der Waals surface area (Å²) in [5, 5.41) is 2.64. The number of aromatic nitrogens is 1. The second-order valence-corrected chi connectivity index (χ2v) is 4.95. The molecule has 2 aromatic rings. The molecule has 1 atom stereocenters. The first-order chi connectivity index (χ1) is 9.49. The number of hydrogen-bond donors (Lipinski definition) is 1. The smallest absolute Gasteiger partial charge is 0.254 e. The Morgan fingerprint density at radius 1 is 1.35 bits per heavy atom. The van der Waals surface area contributed by atoms with Gasteiger partial charge in [-0.15, -0.1) is 0 Å². The first kappa shape index (κ1) is 14.6. The minimum Gasteiger partial charge on any atom is -0.345 e. The van der Waals surface area contributed by atoms with Gasteiger partial charge in [0.15, 0.2) is 0 Å². The predicted octanol–water partition coefficient (Wildman–Crippen LogP) is 3.61. The van der Waals surface area contributed by atoms with Gasteiger partial charge in [-0.2, -0.15) is 0 Å². The molecule has 0 radical (unpaired) electrons. The molecule has 0 bridgehead atoms. The van der Waals surface area contributed by atoms with Crippen LogP contribution in [0.15, 0.2) is 41.1 Å². The monoisotopic (exact) mass is 340 g/mol. The molecule has 1 unspecified atom stereocenters. The topological polar surface area (TPSA) is 42.0 Å². The summed E-state index contributed by atoms with van der Waals surface area (Å²) in [6.07, 6.45) is 1.55. The molecule has 0 aliphatic rings. The molecule has 6 heteroatoms. The van der Waals surface area contributed by atoms with Crippen LogP contribution in [0.25, 0.3) is 0 Å². The van der Waals surface area contributed by atoms with Gasteiger partial charge in [0.1, 0.15) is 16.2 Å². The van der Waals surface area contributed by atoms with E-state index in [-0.39, 0.29) is 11.5 Å². The summed E-state index contributed by atoms with van der Waals surface area (Å²) in [6.45, 7) is 1.62. The van der Waals surface area contributed by atoms with E-state index in [1.807, 2.05) is 0 Å². The number of rotatable bonds is 3. The third kappa shape index (κ3) is 3.19. The van der Waals surface area contributed by atoms with Crippen LogP contribution in [0.4, 0.5) is 8.78 Å². The van der Waals surface area contributed by atoms with E-state index >= 15 is 0 Å². The van der Waals surface area contributed by atoms with Crippen molar-refractivity contribution < 1.29 is 13.6 Å².